The molecule has 1 rings (SSSR count). The van der Waals surface area contributed by atoms with Crippen molar-refractivity contribution in [1.29, 1.82) is 0 Å². The number of aliphatic carboxylic acids is 2. The van der Waals surface area contributed by atoms with Gasteiger partial charge in [0.25, 0.3) is 0 Å². The number of benzene rings is 1. The van der Waals surface area contributed by atoms with Crippen molar-refractivity contribution >= 4 is 45.0 Å². The number of nitrogens with two attached hydrogens (primary N) is 2. The molecule has 17 heteroatoms. The Kier molecular flexibility index (Phi) is 20.4. The number of guanidine groups is 1. The third kappa shape index (κ3) is 20.7. The summed E-state index contributed by atoms with van der Waals surface area (Å²) in [5.41, 5.74) is 12.0. The van der Waals surface area contributed by atoms with Crippen molar-refractivity contribution < 1.29 is 68.4 Å². The molecule has 1 unspecified atom stereocenters. The van der Waals surface area contributed by atoms with Crippen LogP contribution in [-0.2, 0) is 30.5 Å². The summed E-state index contributed by atoms with van der Waals surface area (Å²) in [5, 5.41) is 28.7. The molecular formula is C30H46AtN7O9. The average molecular weight is 860 g/mol. The van der Waals surface area contributed by atoms with Gasteiger partial charge in [-0.3, -0.25) is 14.4 Å². The molecule has 0 fully saturated rings. The van der Waals surface area contributed by atoms with Crippen LogP contribution in [0.4, 0.5) is 4.79 Å². The molecular weight excluding hydrogens is 813 g/mol. The van der Waals surface area contributed by atoms with Crippen molar-refractivity contribution in [2.24, 2.45) is 16.5 Å². The fourth-order valence-electron chi connectivity index (χ4n) is 4.12. The Bertz CT molecular complexity index is 1240. The molecule has 1 aromatic rings. The second-order valence-electron chi connectivity index (χ2n) is 10.8. The van der Waals surface area contributed by atoms with Crippen LogP contribution in [-0.4, -0.2) is 83.7 Å². The first-order valence-electron chi connectivity index (χ1n) is 15.3. The zero-order valence-electron chi connectivity index (χ0n) is 26.5. The van der Waals surface area contributed by atoms with Crippen LogP contribution in [0.1, 0.15) is 87.1 Å². The third-order valence-corrected chi connectivity index (χ3v) is 7.46. The Balaban J connectivity index is 2.22. The number of ether oxygens (including phenoxy) is 1. The first-order valence-corrected chi connectivity index (χ1v) is 16.8. The Morgan fingerprint density at radius 2 is 1.53 bits per heavy atom. The van der Waals surface area contributed by atoms with Crippen LogP contribution >= 0.6 is 0 Å². The van der Waals surface area contributed by atoms with Crippen molar-refractivity contribution in [2.75, 3.05) is 19.7 Å². The van der Waals surface area contributed by atoms with E-state index in [0.29, 0.717) is 57.2 Å². The van der Waals surface area contributed by atoms with Crippen molar-refractivity contribution in [2.45, 2.75) is 89.8 Å². The summed E-state index contributed by atoms with van der Waals surface area (Å²) in [4.78, 5) is 74.7. The van der Waals surface area contributed by atoms with Gasteiger partial charge < -0.3 is 20.5 Å². The molecule has 0 aliphatic heterocycles. The number of carbonyl (C=O) groups is 6. The monoisotopic (exact) mass is 859 g/mol. The van der Waals surface area contributed by atoms with Crippen LogP contribution in [0.3, 0.4) is 0 Å². The second kappa shape index (κ2) is 23.3. The summed E-state index contributed by atoms with van der Waals surface area (Å²) in [6, 6.07) is 3.94. The zero-order chi connectivity index (χ0) is 35.2. The minimum absolute atomic E-state index is 0.0413. The van der Waals surface area contributed by atoms with Crippen LogP contribution in [0.2, 0.25) is 0 Å². The van der Waals surface area contributed by atoms with E-state index in [1.165, 1.54) is 24.7 Å². The summed E-state index contributed by atoms with van der Waals surface area (Å²) < 4.78 is 5.98. The molecule has 0 spiro atoms. The third-order valence-electron chi connectivity index (χ3n) is 6.61. The number of nitrogens with one attached hydrogen (secondary N) is 4. The molecule has 0 heterocycles. The molecule has 0 aliphatic rings. The molecule has 0 radical (unpaired) electrons. The summed E-state index contributed by atoms with van der Waals surface area (Å²) in [6.07, 6.45) is 2.36. The number of hydrogen-bond donors (Lipinski definition) is 8. The molecule has 0 saturated carbocycles. The van der Waals surface area contributed by atoms with Crippen LogP contribution in [0, 0.1) is 24.7 Å². The number of aliphatic imine (C=N–C) groups is 1. The Morgan fingerprint density at radius 3 is 2.21 bits per heavy atom. The van der Waals surface area contributed by atoms with E-state index in [4.69, 9.17) is 21.3 Å². The quantitative estimate of drug-likeness (QED) is 0.0417. The van der Waals surface area contributed by atoms with Gasteiger partial charge >= 0.3 is 173 Å². The topological polar surface area (TPSA) is 265 Å². The van der Waals surface area contributed by atoms with E-state index in [1.54, 1.807) is 19.1 Å². The SMILES string of the molecule is C[C@H](CCC(=O)O)NC(=O)OCCCCCNC(=O)CCC(=O)NC(CCCCNC(=O)c1cc([211At])cc(CN=C(N)N)c1)C(=O)O. The van der Waals surface area contributed by atoms with E-state index in [-0.39, 0.29) is 62.7 Å². The fraction of sp³-hybridized carbons (Fsp3) is 0.567. The van der Waals surface area contributed by atoms with E-state index in [1.807, 2.05) is 6.07 Å². The normalized spacial score (nSPS) is 11.8. The van der Waals surface area contributed by atoms with Crippen LogP contribution in [0.15, 0.2) is 23.2 Å². The number of rotatable bonds is 23. The predicted molar refractivity (Wildman–Crippen MR) is 168 cm³/mol. The van der Waals surface area contributed by atoms with Gasteiger partial charge in [0, 0.05) is 31.8 Å². The Morgan fingerprint density at radius 1 is 0.851 bits per heavy atom. The van der Waals surface area contributed by atoms with Crippen LogP contribution < -0.4 is 36.0 Å². The van der Waals surface area contributed by atoms with Gasteiger partial charge in [-0.2, -0.15) is 0 Å². The van der Waals surface area contributed by atoms with Crippen molar-refractivity contribution in [3.63, 3.8) is 0 Å². The van der Waals surface area contributed by atoms with E-state index >= 15 is 0 Å². The molecule has 0 aliphatic carbocycles. The van der Waals surface area contributed by atoms with Gasteiger partial charge in [0.2, 0.25) is 5.91 Å². The number of alkyl carbamates (subject to hydrolysis) is 1. The number of hydrogen-bond acceptors (Lipinski definition) is 8. The summed E-state index contributed by atoms with van der Waals surface area (Å²) in [6.45, 7) is 2.82. The summed E-state index contributed by atoms with van der Waals surface area (Å²) in [7, 11) is 0. The Labute approximate surface area is 289 Å². The number of amides is 4. The van der Waals surface area contributed by atoms with Gasteiger partial charge in [0.05, 0.1) is 6.61 Å². The molecule has 0 saturated heterocycles. The Hall–Kier alpha value is -4.01. The number of carbonyl (C=O) groups excluding carboxylic acids is 4. The molecule has 10 N–H and O–H groups in total. The summed E-state index contributed by atoms with van der Waals surface area (Å²) >= 11 is 1.41. The molecule has 1 aromatic carbocycles. The van der Waals surface area contributed by atoms with Crippen LogP contribution in [0.5, 0.6) is 0 Å². The van der Waals surface area contributed by atoms with Crippen molar-refractivity contribution in [3.8, 4) is 0 Å². The maximum absolute atomic E-state index is 12.6. The molecule has 2 atom stereocenters. The van der Waals surface area contributed by atoms with Gasteiger partial charge in [-0.15, -0.1) is 0 Å². The van der Waals surface area contributed by atoms with Gasteiger partial charge in [0.1, 0.15) is 0 Å². The standard InChI is InChI=1S/C30H46AtN7O9/c1-19(8-11-26(41)42)37-30(46)47-14-6-2-4-12-34-24(39)9-10-25(40)38-23(28(44)45)7-3-5-13-35-27(43)21-15-20(16-22(31)17-21)18-36-29(32)33/h15-17,19,23H,2-14,18H2,1H3,(H,34,39)(H,35,43)(H,37,46)(H,38,40)(H,41,42)(H,44,45)(H4,32,33,36)/t19-,23?/m1/s1/i31+1. The van der Waals surface area contributed by atoms with E-state index < -0.39 is 30.0 Å². The molecule has 0 aromatic heterocycles. The van der Waals surface area contributed by atoms with E-state index in [9.17, 15) is 33.9 Å². The predicted octanol–water partition coefficient (Wildman–Crippen LogP) is 0.150. The minimum atomic E-state index is -1.18. The van der Waals surface area contributed by atoms with E-state index in [0.717, 1.165) is 8.83 Å². The molecule has 0 bridgehead atoms. The van der Waals surface area contributed by atoms with Gasteiger partial charge in [-0.25, -0.2) is 4.79 Å². The maximum atomic E-state index is 12.6. The first kappa shape index (κ1) is 41.0. The molecule has 16 nitrogen and oxygen atoms in total. The fourth-order valence-corrected chi connectivity index (χ4v) is 5.13. The second-order valence-corrected chi connectivity index (χ2v) is 12.5. The zero-order valence-corrected chi connectivity index (χ0v) is 29.5. The first-order chi connectivity index (χ1) is 22.3. The number of unbranched alkanes of at least 4 members (excludes halogenated alkanes) is 3. The van der Waals surface area contributed by atoms with Gasteiger partial charge in [-0.1, -0.05) is 0 Å². The average Bonchev–Trinajstić information content (AvgIpc) is 3.00. The number of carboxylic acid groups (broad SMARTS) is 2. The van der Waals surface area contributed by atoms with Crippen molar-refractivity contribution in [1.82, 2.24) is 21.3 Å². The van der Waals surface area contributed by atoms with Gasteiger partial charge in [-0.05, 0) is 32.6 Å². The van der Waals surface area contributed by atoms with Crippen LogP contribution in [0.25, 0.3) is 0 Å². The molecule has 4 amide bonds. The molecule has 262 valence electrons. The van der Waals surface area contributed by atoms with Crippen molar-refractivity contribution in [3.05, 3.63) is 29.3 Å². The summed E-state index contributed by atoms with van der Waals surface area (Å²) in [5.74, 6) is -3.32. The number of carboxylic acids is 2. The van der Waals surface area contributed by atoms with Gasteiger partial charge in [0.15, 0.2) is 0 Å². The molecule has 47 heavy (non-hydrogen) atoms. The number of nitrogens with zero attached hydrogens (tertiary/aromatic N) is 1. The van der Waals surface area contributed by atoms with E-state index in [2.05, 4.69) is 26.3 Å².